The smallest absolute Gasteiger partial charge is 0.237 e. The van der Waals surface area contributed by atoms with Crippen LogP contribution in [0, 0.1) is 22.7 Å². The van der Waals surface area contributed by atoms with E-state index in [0.29, 0.717) is 22.9 Å². The van der Waals surface area contributed by atoms with Gasteiger partial charge in [0, 0.05) is 12.3 Å². The first-order chi connectivity index (χ1) is 10.8. The fourth-order valence-corrected chi connectivity index (χ4v) is 1.55. The van der Waals surface area contributed by atoms with Crippen molar-refractivity contribution >= 4 is 11.4 Å². The second kappa shape index (κ2) is 7.27. The van der Waals surface area contributed by atoms with Gasteiger partial charge in [0.15, 0.2) is 11.5 Å². The third-order valence-corrected chi connectivity index (χ3v) is 2.53. The van der Waals surface area contributed by atoms with Crippen LogP contribution < -0.4 is 14.9 Å². The van der Waals surface area contributed by atoms with E-state index in [4.69, 9.17) is 20.0 Å². The average molecular weight is 293 g/mol. The number of nitriles is 2. The Hall–Kier alpha value is -3.58. The van der Waals surface area contributed by atoms with Crippen LogP contribution in [-0.2, 0) is 0 Å². The van der Waals surface area contributed by atoms with E-state index in [-0.39, 0.29) is 5.71 Å². The number of nitrogens with zero attached hydrogens (tertiary/aromatic N) is 4. The van der Waals surface area contributed by atoms with Crippen LogP contribution in [-0.4, -0.2) is 17.8 Å². The number of methoxy groups -OCH3 is 1. The number of hydrogen-bond donors (Lipinski definition) is 1. The highest BCUT2D eigenvalue weighted by atomic mass is 16.5. The number of hydrogen-bond acceptors (Lipinski definition) is 7. The van der Waals surface area contributed by atoms with Gasteiger partial charge in [-0.05, 0) is 24.3 Å². The summed E-state index contributed by atoms with van der Waals surface area (Å²) in [5.41, 5.74) is 2.89. The molecule has 1 aromatic carbocycles. The summed E-state index contributed by atoms with van der Waals surface area (Å²) in [4.78, 5) is 3.96. The lowest BCUT2D eigenvalue weighted by Gasteiger charge is -2.11. The van der Waals surface area contributed by atoms with Gasteiger partial charge in [-0.3, -0.25) is 10.4 Å². The number of anilines is 1. The van der Waals surface area contributed by atoms with Crippen LogP contribution in [0.3, 0.4) is 0 Å². The lowest BCUT2D eigenvalue weighted by Crippen LogP contribution is -1.97. The molecule has 7 nitrogen and oxygen atoms in total. The van der Waals surface area contributed by atoms with Crippen molar-refractivity contribution < 1.29 is 9.47 Å². The van der Waals surface area contributed by atoms with Crippen molar-refractivity contribution in [1.29, 1.82) is 10.5 Å². The molecule has 0 atom stereocenters. The van der Waals surface area contributed by atoms with Gasteiger partial charge in [0.05, 0.1) is 19.0 Å². The van der Waals surface area contributed by atoms with Crippen molar-refractivity contribution in [2.45, 2.75) is 0 Å². The Bertz CT molecular complexity index is 744. The summed E-state index contributed by atoms with van der Waals surface area (Å²) in [6.07, 6.45) is 3.24. The third kappa shape index (κ3) is 3.71. The van der Waals surface area contributed by atoms with Gasteiger partial charge < -0.3 is 9.47 Å². The molecule has 108 valence electrons. The molecule has 0 aliphatic rings. The fourth-order valence-electron chi connectivity index (χ4n) is 1.55. The topological polar surface area (TPSA) is 103 Å². The lowest BCUT2D eigenvalue weighted by atomic mass is 10.3. The molecular weight excluding hydrogens is 282 g/mol. The van der Waals surface area contributed by atoms with Crippen LogP contribution in [0.2, 0.25) is 0 Å². The van der Waals surface area contributed by atoms with Gasteiger partial charge in [-0.25, -0.2) is 0 Å². The molecule has 0 saturated carbocycles. The normalized spacial score (nSPS) is 9.05. The Morgan fingerprint density at radius 3 is 2.68 bits per heavy atom. The number of nitrogens with one attached hydrogen (secondary N) is 1. The number of ether oxygens (including phenoxy) is 2. The van der Waals surface area contributed by atoms with Crippen molar-refractivity contribution in [1.82, 2.24) is 4.98 Å². The van der Waals surface area contributed by atoms with E-state index in [1.807, 2.05) is 0 Å². The molecular formula is C15H11N5O2. The number of hydrazone groups is 1. The molecule has 2 aromatic rings. The summed E-state index contributed by atoms with van der Waals surface area (Å²) in [5, 5.41) is 20.9. The predicted octanol–water partition coefficient (Wildman–Crippen LogP) is 2.70. The van der Waals surface area contributed by atoms with Crippen molar-refractivity contribution in [3.8, 4) is 29.4 Å². The second-order valence-electron chi connectivity index (χ2n) is 3.95. The van der Waals surface area contributed by atoms with Crippen LogP contribution >= 0.6 is 0 Å². The van der Waals surface area contributed by atoms with Gasteiger partial charge in [0.1, 0.15) is 17.9 Å². The van der Waals surface area contributed by atoms with Gasteiger partial charge >= 0.3 is 0 Å². The van der Waals surface area contributed by atoms with E-state index in [1.54, 1.807) is 54.9 Å². The Morgan fingerprint density at radius 1 is 1.23 bits per heavy atom. The minimum Gasteiger partial charge on any atom is -0.493 e. The zero-order valence-electron chi connectivity index (χ0n) is 11.6. The van der Waals surface area contributed by atoms with Crippen molar-refractivity contribution in [3.63, 3.8) is 0 Å². The third-order valence-electron chi connectivity index (χ3n) is 2.53. The molecule has 0 spiro atoms. The Kier molecular flexibility index (Phi) is 4.90. The molecule has 1 heterocycles. The SMILES string of the molecule is COc1cc(NN=C(C#N)C#N)ccc1Oc1cccnc1. The van der Waals surface area contributed by atoms with Crippen LogP contribution in [0.1, 0.15) is 0 Å². The summed E-state index contributed by atoms with van der Waals surface area (Å²) < 4.78 is 10.9. The molecule has 0 fully saturated rings. The number of aromatic nitrogens is 1. The molecule has 0 radical (unpaired) electrons. The maximum Gasteiger partial charge on any atom is 0.237 e. The van der Waals surface area contributed by atoms with E-state index < -0.39 is 0 Å². The first-order valence-electron chi connectivity index (χ1n) is 6.16. The summed E-state index contributed by atoms with van der Waals surface area (Å²) in [6, 6.07) is 11.9. The van der Waals surface area contributed by atoms with E-state index in [2.05, 4.69) is 15.5 Å². The standard InChI is InChI=1S/C15H11N5O2/c1-21-15-7-11(19-20-12(8-16)9-17)4-5-14(15)22-13-3-2-6-18-10-13/h2-7,10,19H,1H3. The molecule has 0 saturated heterocycles. The van der Waals surface area contributed by atoms with E-state index in [0.717, 1.165) is 0 Å². The summed E-state index contributed by atoms with van der Waals surface area (Å²) in [7, 11) is 1.51. The molecule has 0 unspecified atom stereocenters. The molecule has 2 rings (SSSR count). The maximum atomic E-state index is 8.62. The molecule has 0 bridgehead atoms. The molecule has 0 aliphatic heterocycles. The highest BCUT2D eigenvalue weighted by molar-refractivity contribution is 6.10. The Labute approximate surface area is 127 Å². The highest BCUT2D eigenvalue weighted by Gasteiger charge is 2.07. The van der Waals surface area contributed by atoms with Gasteiger partial charge in [0.2, 0.25) is 5.71 Å². The Morgan fingerprint density at radius 2 is 2.05 bits per heavy atom. The average Bonchev–Trinajstić information content (AvgIpc) is 2.57. The van der Waals surface area contributed by atoms with Gasteiger partial charge in [-0.15, -0.1) is 0 Å². The largest absolute Gasteiger partial charge is 0.493 e. The quantitative estimate of drug-likeness (QED) is 0.671. The van der Waals surface area contributed by atoms with Crippen LogP contribution in [0.15, 0.2) is 47.8 Å². The molecule has 1 N–H and O–H groups in total. The lowest BCUT2D eigenvalue weighted by molar-refractivity contribution is 0.378. The maximum absolute atomic E-state index is 8.62. The zero-order chi connectivity index (χ0) is 15.8. The highest BCUT2D eigenvalue weighted by Crippen LogP contribution is 2.33. The molecule has 0 amide bonds. The van der Waals surface area contributed by atoms with Crippen molar-refractivity contribution in [2.75, 3.05) is 12.5 Å². The van der Waals surface area contributed by atoms with E-state index in [1.165, 1.54) is 7.11 Å². The number of pyridine rings is 1. The first-order valence-corrected chi connectivity index (χ1v) is 6.16. The molecule has 22 heavy (non-hydrogen) atoms. The van der Waals surface area contributed by atoms with E-state index >= 15 is 0 Å². The fraction of sp³-hybridized carbons (Fsp3) is 0.0667. The minimum atomic E-state index is -0.269. The van der Waals surface area contributed by atoms with Gasteiger partial charge in [0.25, 0.3) is 0 Å². The van der Waals surface area contributed by atoms with Gasteiger partial charge in [-0.2, -0.15) is 15.6 Å². The Balaban J connectivity index is 2.20. The number of benzene rings is 1. The van der Waals surface area contributed by atoms with Crippen LogP contribution in [0.25, 0.3) is 0 Å². The molecule has 7 heteroatoms. The van der Waals surface area contributed by atoms with Gasteiger partial charge in [-0.1, -0.05) is 0 Å². The molecule has 0 aliphatic carbocycles. The van der Waals surface area contributed by atoms with Crippen molar-refractivity contribution in [2.24, 2.45) is 5.10 Å². The van der Waals surface area contributed by atoms with Crippen molar-refractivity contribution in [3.05, 3.63) is 42.7 Å². The number of rotatable bonds is 5. The zero-order valence-corrected chi connectivity index (χ0v) is 11.6. The van der Waals surface area contributed by atoms with Crippen LogP contribution in [0.4, 0.5) is 5.69 Å². The monoisotopic (exact) mass is 293 g/mol. The minimum absolute atomic E-state index is 0.269. The van der Waals surface area contributed by atoms with E-state index in [9.17, 15) is 0 Å². The summed E-state index contributed by atoms with van der Waals surface area (Å²) in [5.74, 6) is 1.56. The van der Waals surface area contributed by atoms with Crippen LogP contribution in [0.5, 0.6) is 17.2 Å². The first kappa shape index (κ1) is 14.8. The second-order valence-corrected chi connectivity index (χ2v) is 3.95. The predicted molar refractivity (Wildman–Crippen MR) is 79.6 cm³/mol. The summed E-state index contributed by atoms with van der Waals surface area (Å²) in [6.45, 7) is 0. The summed E-state index contributed by atoms with van der Waals surface area (Å²) >= 11 is 0. The molecule has 1 aromatic heterocycles.